The monoisotopic (exact) mass is 396 g/mol. The summed E-state index contributed by atoms with van der Waals surface area (Å²) in [5, 5.41) is 12.0. The van der Waals surface area contributed by atoms with Gasteiger partial charge in [0.25, 0.3) is 5.91 Å². The molecule has 0 aliphatic heterocycles. The SMILES string of the molecule is CCCOc1c(Cl)cc(C(=O)OCC(=O)N[C@](C)(C#N)C(C)C)cc1OC. The molecule has 1 aromatic rings. The average molecular weight is 397 g/mol. The fraction of sp³-hybridized carbons (Fsp3) is 0.526. The highest BCUT2D eigenvalue weighted by Crippen LogP contribution is 2.36. The Morgan fingerprint density at radius 2 is 2.04 bits per heavy atom. The van der Waals surface area contributed by atoms with E-state index >= 15 is 0 Å². The molecule has 1 atom stereocenters. The third-order valence-corrected chi connectivity index (χ3v) is 4.32. The van der Waals surface area contributed by atoms with Crippen molar-refractivity contribution in [2.75, 3.05) is 20.3 Å². The number of esters is 1. The van der Waals surface area contributed by atoms with Crippen molar-refractivity contribution in [3.8, 4) is 17.6 Å². The van der Waals surface area contributed by atoms with E-state index in [-0.39, 0.29) is 16.5 Å². The van der Waals surface area contributed by atoms with Gasteiger partial charge in [-0.25, -0.2) is 4.79 Å². The van der Waals surface area contributed by atoms with Gasteiger partial charge in [-0.15, -0.1) is 0 Å². The van der Waals surface area contributed by atoms with Crippen molar-refractivity contribution < 1.29 is 23.8 Å². The van der Waals surface area contributed by atoms with Gasteiger partial charge in [-0.2, -0.15) is 5.26 Å². The minimum absolute atomic E-state index is 0.110. The minimum atomic E-state index is -1.05. The van der Waals surface area contributed by atoms with Crippen LogP contribution in [0.5, 0.6) is 11.5 Å². The number of methoxy groups -OCH3 is 1. The molecule has 0 bridgehead atoms. The smallest absolute Gasteiger partial charge is 0.338 e. The first-order valence-corrected chi connectivity index (χ1v) is 8.96. The highest BCUT2D eigenvalue weighted by atomic mass is 35.5. The predicted molar refractivity (Wildman–Crippen MR) is 101 cm³/mol. The second-order valence-electron chi connectivity index (χ2n) is 6.43. The largest absolute Gasteiger partial charge is 0.493 e. The Labute approximate surface area is 164 Å². The molecule has 7 nitrogen and oxygen atoms in total. The first-order valence-electron chi connectivity index (χ1n) is 8.58. The Kier molecular flexibility index (Phi) is 8.38. The van der Waals surface area contributed by atoms with Crippen molar-refractivity contribution in [1.29, 1.82) is 5.26 Å². The Morgan fingerprint density at radius 1 is 1.37 bits per heavy atom. The number of rotatable bonds is 9. The first kappa shape index (κ1) is 22.6. The number of carbonyl (C=O) groups is 2. The van der Waals surface area contributed by atoms with Crippen LogP contribution >= 0.6 is 11.6 Å². The number of halogens is 1. The first-order chi connectivity index (χ1) is 12.7. The van der Waals surface area contributed by atoms with Crippen LogP contribution in [0.2, 0.25) is 5.02 Å². The summed E-state index contributed by atoms with van der Waals surface area (Å²) in [5.41, 5.74) is -0.922. The number of nitrogens with zero attached hydrogens (tertiary/aromatic N) is 1. The maximum atomic E-state index is 12.2. The van der Waals surface area contributed by atoms with Crippen LogP contribution in [0.1, 0.15) is 44.5 Å². The van der Waals surface area contributed by atoms with Crippen molar-refractivity contribution in [2.45, 2.75) is 39.7 Å². The van der Waals surface area contributed by atoms with Gasteiger partial charge in [0, 0.05) is 0 Å². The minimum Gasteiger partial charge on any atom is -0.493 e. The zero-order chi connectivity index (χ0) is 20.6. The molecule has 0 spiro atoms. The van der Waals surface area contributed by atoms with Crippen LogP contribution in [-0.2, 0) is 9.53 Å². The maximum absolute atomic E-state index is 12.2. The molecular weight excluding hydrogens is 372 g/mol. The third kappa shape index (κ3) is 6.04. The molecule has 148 valence electrons. The Balaban J connectivity index is 2.82. The number of amides is 1. The molecule has 0 heterocycles. The van der Waals surface area contributed by atoms with Gasteiger partial charge in [0.1, 0.15) is 5.54 Å². The normalized spacial score (nSPS) is 12.7. The fourth-order valence-corrected chi connectivity index (χ4v) is 2.29. The molecule has 0 fully saturated rings. The molecule has 0 radical (unpaired) electrons. The number of nitriles is 1. The number of ether oxygens (including phenoxy) is 3. The lowest BCUT2D eigenvalue weighted by Gasteiger charge is -2.27. The van der Waals surface area contributed by atoms with E-state index < -0.39 is 24.0 Å². The van der Waals surface area contributed by atoms with E-state index in [1.165, 1.54) is 19.2 Å². The van der Waals surface area contributed by atoms with E-state index in [4.69, 9.17) is 25.8 Å². The summed E-state index contributed by atoms with van der Waals surface area (Å²) in [6, 6.07) is 4.88. The molecule has 0 saturated heterocycles. The van der Waals surface area contributed by atoms with Gasteiger partial charge >= 0.3 is 5.97 Å². The van der Waals surface area contributed by atoms with E-state index in [0.29, 0.717) is 18.1 Å². The predicted octanol–water partition coefficient (Wildman–Crippen LogP) is 3.35. The number of benzene rings is 1. The van der Waals surface area contributed by atoms with Crippen LogP contribution in [0.25, 0.3) is 0 Å². The average Bonchev–Trinajstić information content (AvgIpc) is 2.64. The van der Waals surface area contributed by atoms with Crippen molar-refractivity contribution in [3.63, 3.8) is 0 Å². The zero-order valence-electron chi connectivity index (χ0n) is 16.2. The molecular formula is C19H25ClN2O5. The summed E-state index contributed by atoms with van der Waals surface area (Å²) < 4.78 is 15.8. The van der Waals surface area contributed by atoms with Crippen LogP contribution in [0.4, 0.5) is 0 Å². The summed E-state index contributed by atoms with van der Waals surface area (Å²) in [6.07, 6.45) is 0.788. The molecule has 0 aliphatic carbocycles. The lowest BCUT2D eigenvalue weighted by molar-refractivity contribution is -0.125. The maximum Gasteiger partial charge on any atom is 0.338 e. The van der Waals surface area contributed by atoms with Gasteiger partial charge in [0.2, 0.25) is 0 Å². The van der Waals surface area contributed by atoms with Crippen LogP contribution in [0.15, 0.2) is 12.1 Å². The molecule has 0 unspecified atom stereocenters. The van der Waals surface area contributed by atoms with E-state index in [1.54, 1.807) is 6.92 Å². The summed E-state index contributed by atoms with van der Waals surface area (Å²) in [6.45, 7) is 7.12. The van der Waals surface area contributed by atoms with Gasteiger partial charge in [-0.1, -0.05) is 32.4 Å². The third-order valence-electron chi connectivity index (χ3n) is 4.04. The molecule has 8 heteroatoms. The van der Waals surface area contributed by atoms with E-state index in [1.807, 2.05) is 20.8 Å². The van der Waals surface area contributed by atoms with Gasteiger partial charge in [0.05, 0.1) is 30.4 Å². The Hall–Kier alpha value is -2.46. The summed E-state index contributed by atoms with van der Waals surface area (Å²) in [4.78, 5) is 24.3. The topological polar surface area (TPSA) is 97.6 Å². The van der Waals surface area contributed by atoms with Crippen LogP contribution in [-0.4, -0.2) is 37.7 Å². The lowest BCUT2D eigenvalue weighted by Crippen LogP contribution is -2.50. The second-order valence-corrected chi connectivity index (χ2v) is 6.84. The van der Waals surface area contributed by atoms with E-state index in [0.717, 1.165) is 6.42 Å². The van der Waals surface area contributed by atoms with Crippen LogP contribution in [0, 0.1) is 17.2 Å². The van der Waals surface area contributed by atoms with Crippen LogP contribution in [0.3, 0.4) is 0 Å². The zero-order valence-corrected chi connectivity index (χ0v) is 17.0. The van der Waals surface area contributed by atoms with Crippen molar-refractivity contribution in [2.24, 2.45) is 5.92 Å². The molecule has 0 saturated carbocycles. The van der Waals surface area contributed by atoms with Gasteiger partial charge in [-0.05, 0) is 31.4 Å². The Bertz CT molecular complexity index is 730. The van der Waals surface area contributed by atoms with Gasteiger partial charge < -0.3 is 19.5 Å². The molecule has 1 rings (SSSR count). The second kappa shape index (κ2) is 10.0. The van der Waals surface area contributed by atoms with Crippen molar-refractivity contribution >= 4 is 23.5 Å². The molecule has 27 heavy (non-hydrogen) atoms. The number of hydrogen-bond acceptors (Lipinski definition) is 6. The molecule has 0 aromatic heterocycles. The Morgan fingerprint density at radius 3 is 2.56 bits per heavy atom. The lowest BCUT2D eigenvalue weighted by atomic mass is 9.90. The summed E-state index contributed by atoms with van der Waals surface area (Å²) in [5.74, 6) is -0.778. The van der Waals surface area contributed by atoms with Gasteiger partial charge in [0.15, 0.2) is 18.1 Å². The van der Waals surface area contributed by atoms with Crippen LogP contribution < -0.4 is 14.8 Å². The molecule has 1 N–H and O–H groups in total. The van der Waals surface area contributed by atoms with Crippen molar-refractivity contribution in [1.82, 2.24) is 5.32 Å². The highest BCUT2D eigenvalue weighted by Gasteiger charge is 2.30. The molecule has 1 amide bonds. The molecule has 1 aromatic carbocycles. The number of carbonyl (C=O) groups excluding carboxylic acids is 2. The number of hydrogen-bond donors (Lipinski definition) is 1. The standard InChI is InChI=1S/C19H25ClN2O5/c1-6-7-26-17-14(20)8-13(9-15(17)25-5)18(24)27-10-16(23)22-19(4,11-21)12(2)3/h8-9,12H,6-7,10H2,1-5H3,(H,22,23)/t19-/m1/s1. The van der Waals surface area contributed by atoms with Gasteiger partial charge in [-0.3, -0.25) is 4.79 Å². The van der Waals surface area contributed by atoms with E-state index in [9.17, 15) is 14.9 Å². The van der Waals surface area contributed by atoms with E-state index in [2.05, 4.69) is 11.4 Å². The summed E-state index contributed by atoms with van der Waals surface area (Å²) >= 11 is 6.17. The number of nitrogens with one attached hydrogen (secondary N) is 1. The summed E-state index contributed by atoms with van der Waals surface area (Å²) in [7, 11) is 1.43. The quantitative estimate of drug-likeness (QED) is 0.643. The fourth-order valence-electron chi connectivity index (χ4n) is 2.02. The highest BCUT2D eigenvalue weighted by molar-refractivity contribution is 6.32. The molecule has 0 aliphatic rings. The van der Waals surface area contributed by atoms with Crippen molar-refractivity contribution in [3.05, 3.63) is 22.7 Å².